The number of aromatic amines is 1. The number of nitrogens with zero attached hydrogens (tertiary/aromatic N) is 3. The van der Waals surface area contributed by atoms with E-state index in [9.17, 15) is 13.6 Å². The minimum Gasteiger partial charge on any atom is -0.319 e. The lowest BCUT2D eigenvalue weighted by Gasteiger charge is -2.24. The number of pyridine rings is 1. The fraction of sp³-hybridized carbons (Fsp3) is 0.250. The van der Waals surface area contributed by atoms with Crippen molar-refractivity contribution in [2.24, 2.45) is 0 Å². The Morgan fingerprint density at radius 1 is 1.22 bits per heavy atom. The lowest BCUT2D eigenvalue weighted by atomic mass is 9.81. The highest BCUT2D eigenvalue weighted by atomic mass is 19.2. The van der Waals surface area contributed by atoms with Gasteiger partial charge in [-0.25, -0.2) is 18.3 Å². The number of nitrogens with one attached hydrogen (secondary N) is 1. The summed E-state index contributed by atoms with van der Waals surface area (Å²) in [7, 11) is 0. The number of rotatable bonds is 3. The first-order valence-electron chi connectivity index (χ1n) is 8.94. The molecular weight excluding hydrogens is 350 g/mol. The summed E-state index contributed by atoms with van der Waals surface area (Å²) in [6.45, 7) is 0. The van der Waals surface area contributed by atoms with E-state index in [-0.39, 0.29) is 5.52 Å². The van der Waals surface area contributed by atoms with Gasteiger partial charge in [0.25, 0.3) is 0 Å². The van der Waals surface area contributed by atoms with Crippen LogP contribution >= 0.6 is 0 Å². The zero-order valence-corrected chi connectivity index (χ0v) is 14.4. The molecule has 0 unspecified atom stereocenters. The molecule has 1 aliphatic carbocycles. The van der Waals surface area contributed by atoms with Gasteiger partial charge in [0.15, 0.2) is 17.3 Å². The van der Waals surface area contributed by atoms with E-state index in [2.05, 4.69) is 10.1 Å². The number of aromatic nitrogens is 4. The number of H-pyrrole nitrogens is 1. The summed E-state index contributed by atoms with van der Waals surface area (Å²) in [5, 5.41) is 4.89. The van der Waals surface area contributed by atoms with Crippen LogP contribution in [0.1, 0.15) is 42.1 Å². The molecule has 4 aromatic rings. The van der Waals surface area contributed by atoms with Gasteiger partial charge in [-0.1, -0.05) is 6.42 Å². The molecule has 1 saturated carbocycles. The molecule has 0 amide bonds. The Labute approximate surface area is 152 Å². The number of hydrogen-bond acceptors (Lipinski definition) is 3. The van der Waals surface area contributed by atoms with Gasteiger partial charge in [-0.2, -0.15) is 5.10 Å². The predicted octanol–water partition coefficient (Wildman–Crippen LogP) is 3.71. The maximum Gasteiger partial charge on any atom is 0.248 e. The number of halogens is 2. The Morgan fingerprint density at radius 3 is 2.85 bits per heavy atom. The number of imidazole rings is 1. The molecule has 136 valence electrons. The second kappa shape index (κ2) is 5.97. The van der Waals surface area contributed by atoms with E-state index in [0.29, 0.717) is 23.3 Å². The second-order valence-electron chi connectivity index (χ2n) is 6.98. The normalized spacial score (nSPS) is 14.7. The molecule has 5 nitrogen and oxygen atoms in total. The van der Waals surface area contributed by atoms with Gasteiger partial charge in [0, 0.05) is 30.0 Å². The summed E-state index contributed by atoms with van der Waals surface area (Å²) >= 11 is 0. The van der Waals surface area contributed by atoms with Crippen LogP contribution in [-0.4, -0.2) is 19.6 Å². The largest absolute Gasteiger partial charge is 0.319 e. The monoisotopic (exact) mass is 366 g/mol. The van der Waals surface area contributed by atoms with Crippen molar-refractivity contribution in [3.05, 3.63) is 75.5 Å². The summed E-state index contributed by atoms with van der Waals surface area (Å²) in [6.07, 6.45) is 5.38. The molecule has 27 heavy (non-hydrogen) atoms. The summed E-state index contributed by atoms with van der Waals surface area (Å²) in [6, 6.07) is 7.74. The van der Waals surface area contributed by atoms with E-state index < -0.39 is 17.2 Å². The fourth-order valence-electron chi connectivity index (χ4n) is 3.79. The molecule has 0 spiro atoms. The molecule has 0 aliphatic heterocycles. The Balaban J connectivity index is 1.72. The smallest absolute Gasteiger partial charge is 0.248 e. The van der Waals surface area contributed by atoms with Crippen molar-refractivity contribution in [1.29, 1.82) is 0 Å². The topological polar surface area (TPSA) is 63.1 Å². The molecule has 1 aromatic carbocycles. The van der Waals surface area contributed by atoms with Crippen LogP contribution in [0.5, 0.6) is 0 Å². The van der Waals surface area contributed by atoms with E-state index in [1.54, 1.807) is 10.7 Å². The zero-order chi connectivity index (χ0) is 18.5. The highest BCUT2D eigenvalue weighted by Gasteiger charge is 2.27. The van der Waals surface area contributed by atoms with E-state index in [0.717, 1.165) is 35.9 Å². The van der Waals surface area contributed by atoms with Gasteiger partial charge in [-0.3, -0.25) is 4.79 Å². The lowest BCUT2D eigenvalue weighted by Crippen LogP contribution is -2.14. The standard InChI is InChI=1S/C20H16F2N4O/c21-14-7-6-13-12(10-17(27)25-20(13)18(14)22)9-15-19(11-3-1-4-11)24-16-5-2-8-23-26(15)16/h2,5-8,10-11H,1,3-4,9H2,(H,25,27). The van der Waals surface area contributed by atoms with E-state index in [1.807, 2.05) is 12.1 Å². The molecule has 0 bridgehead atoms. The molecule has 3 aromatic heterocycles. The summed E-state index contributed by atoms with van der Waals surface area (Å²) in [5.41, 5.74) is 2.68. The minimum atomic E-state index is -1.04. The third-order valence-corrected chi connectivity index (χ3v) is 5.36. The molecule has 0 atom stereocenters. The van der Waals surface area contributed by atoms with Gasteiger partial charge in [0.1, 0.15) is 0 Å². The molecule has 5 rings (SSSR count). The Bertz CT molecular complexity index is 1240. The molecular formula is C20H16F2N4O. The van der Waals surface area contributed by atoms with Crippen molar-refractivity contribution in [2.45, 2.75) is 31.6 Å². The first kappa shape index (κ1) is 16.1. The highest BCUT2D eigenvalue weighted by Crippen LogP contribution is 2.38. The molecule has 0 radical (unpaired) electrons. The van der Waals surface area contributed by atoms with Gasteiger partial charge in [0.05, 0.1) is 16.9 Å². The second-order valence-corrected chi connectivity index (χ2v) is 6.98. The maximum absolute atomic E-state index is 14.2. The van der Waals surface area contributed by atoms with Crippen molar-refractivity contribution < 1.29 is 8.78 Å². The SMILES string of the molecule is O=c1cc(Cc2c(C3CCC3)nc3cccnn23)c2ccc(F)c(F)c2[nH]1. The van der Waals surface area contributed by atoms with Gasteiger partial charge in [-0.15, -0.1) is 0 Å². The average Bonchev–Trinajstić information content (AvgIpc) is 2.95. The van der Waals surface area contributed by atoms with Crippen LogP contribution in [0.3, 0.4) is 0 Å². The van der Waals surface area contributed by atoms with Crippen LogP contribution < -0.4 is 5.56 Å². The summed E-state index contributed by atoms with van der Waals surface area (Å²) < 4.78 is 29.6. The Hall–Kier alpha value is -3.09. The van der Waals surface area contributed by atoms with Crippen LogP contribution in [0.4, 0.5) is 8.78 Å². The van der Waals surface area contributed by atoms with Crippen LogP contribution in [0.15, 0.2) is 41.3 Å². The molecule has 3 heterocycles. The van der Waals surface area contributed by atoms with E-state index >= 15 is 0 Å². The number of hydrogen-bond donors (Lipinski definition) is 1. The Morgan fingerprint density at radius 2 is 2.07 bits per heavy atom. The predicted molar refractivity (Wildman–Crippen MR) is 96.9 cm³/mol. The fourth-order valence-corrected chi connectivity index (χ4v) is 3.79. The maximum atomic E-state index is 14.2. The van der Waals surface area contributed by atoms with Crippen LogP contribution in [-0.2, 0) is 6.42 Å². The zero-order valence-electron chi connectivity index (χ0n) is 14.4. The first-order chi connectivity index (χ1) is 13.1. The molecule has 0 saturated heterocycles. The molecule has 1 aliphatic rings. The quantitative estimate of drug-likeness (QED) is 0.601. The summed E-state index contributed by atoms with van der Waals surface area (Å²) in [5.74, 6) is -1.65. The first-order valence-corrected chi connectivity index (χ1v) is 8.94. The van der Waals surface area contributed by atoms with Crippen LogP contribution in [0, 0.1) is 11.6 Å². The Kier molecular flexibility index (Phi) is 3.56. The highest BCUT2D eigenvalue weighted by molar-refractivity contribution is 5.83. The van der Waals surface area contributed by atoms with Gasteiger partial charge in [0.2, 0.25) is 5.56 Å². The van der Waals surface area contributed by atoms with E-state index in [1.165, 1.54) is 18.6 Å². The van der Waals surface area contributed by atoms with Crippen LogP contribution in [0.2, 0.25) is 0 Å². The van der Waals surface area contributed by atoms with Gasteiger partial charge >= 0.3 is 0 Å². The van der Waals surface area contributed by atoms with Crippen molar-refractivity contribution in [1.82, 2.24) is 19.6 Å². The van der Waals surface area contributed by atoms with Crippen molar-refractivity contribution in [3.8, 4) is 0 Å². The summed E-state index contributed by atoms with van der Waals surface area (Å²) in [4.78, 5) is 19.2. The molecule has 1 N–H and O–H groups in total. The third-order valence-electron chi connectivity index (χ3n) is 5.36. The van der Waals surface area contributed by atoms with Gasteiger partial charge in [-0.05, 0) is 42.7 Å². The third kappa shape index (κ3) is 2.53. The van der Waals surface area contributed by atoms with Crippen molar-refractivity contribution >= 4 is 16.6 Å². The van der Waals surface area contributed by atoms with Crippen LogP contribution in [0.25, 0.3) is 16.6 Å². The minimum absolute atomic E-state index is 0.107. The number of fused-ring (bicyclic) bond motifs is 2. The average molecular weight is 366 g/mol. The molecule has 1 fully saturated rings. The van der Waals surface area contributed by atoms with E-state index in [4.69, 9.17) is 4.98 Å². The van der Waals surface area contributed by atoms with Gasteiger partial charge < -0.3 is 4.98 Å². The lowest BCUT2D eigenvalue weighted by molar-refractivity contribution is 0.410. The van der Waals surface area contributed by atoms with Crippen molar-refractivity contribution in [2.75, 3.05) is 0 Å². The molecule has 7 heteroatoms. The van der Waals surface area contributed by atoms with Crippen molar-refractivity contribution in [3.63, 3.8) is 0 Å². The number of benzene rings is 1.